The summed E-state index contributed by atoms with van der Waals surface area (Å²) in [7, 11) is 0. The van der Waals surface area contributed by atoms with Crippen molar-refractivity contribution in [2.45, 2.75) is 6.42 Å². The molecule has 1 aromatic carbocycles. The average molecular weight is 357 g/mol. The predicted octanol–water partition coefficient (Wildman–Crippen LogP) is 2.31. The molecule has 0 saturated carbocycles. The molecule has 132 valence electrons. The molecular formula is C17H13F2N5O2. The molecular weight excluding hydrogens is 344 g/mol. The first kappa shape index (κ1) is 18.5. The number of nitriles is 1. The van der Waals surface area contributed by atoms with Gasteiger partial charge in [0.2, 0.25) is 0 Å². The van der Waals surface area contributed by atoms with E-state index < -0.39 is 17.6 Å². The molecule has 0 aliphatic carbocycles. The lowest BCUT2D eigenvalue weighted by molar-refractivity contribution is -0.136. The summed E-state index contributed by atoms with van der Waals surface area (Å²) in [4.78, 5) is 14.4. The lowest BCUT2D eigenvalue weighted by Gasteiger charge is -2.00. The van der Waals surface area contributed by atoms with Crippen LogP contribution in [0.5, 0.6) is 0 Å². The molecule has 2 aromatic heterocycles. The highest BCUT2D eigenvalue weighted by atomic mass is 19.1. The van der Waals surface area contributed by atoms with Crippen LogP contribution in [0.15, 0.2) is 48.9 Å². The summed E-state index contributed by atoms with van der Waals surface area (Å²) >= 11 is 0. The lowest BCUT2D eigenvalue weighted by atomic mass is 10.2. The number of aliphatic carboxylic acids is 1. The van der Waals surface area contributed by atoms with E-state index in [1.165, 1.54) is 35.3 Å². The summed E-state index contributed by atoms with van der Waals surface area (Å²) in [5, 5.41) is 20.6. The van der Waals surface area contributed by atoms with Gasteiger partial charge in [0.1, 0.15) is 17.4 Å². The maximum absolute atomic E-state index is 12.7. The van der Waals surface area contributed by atoms with Crippen LogP contribution in [-0.4, -0.2) is 25.8 Å². The molecule has 3 aromatic rings. The molecule has 0 aliphatic rings. The molecule has 0 saturated heterocycles. The summed E-state index contributed by atoms with van der Waals surface area (Å²) < 4.78 is 26.5. The molecule has 0 unspecified atom stereocenters. The molecule has 7 nitrogen and oxygen atoms in total. The number of nitrogens with zero attached hydrogens (tertiary/aromatic N) is 4. The van der Waals surface area contributed by atoms with Gasteiger partial charge >= 0.3 is 5.97 Å². The number of carboxylic acids is 1. The standard InChI is InChI=1S/C10H8FN3O2.C7H5FN2/c11-8-5-13-14(6-8)9-2-1-7(4-12-9)3-10(15)16;8-6-2-1-3-7(10)5(6)4-9/h1-2,4-6H,3H2,(H,15,16);1-3H,10H2. The minimum Gasteiger partial charge on any atom is -0.481 e. The Kier molecular flexibility index (Phi) is 5.95. The third-order valence-corrected chi connectivity index (χ3v) is 3.11. The number of rotatable bonds is 3. The smallest absolute Gasteiger partial charge is 0.307 e. The highest BCUT2D eigenvalue weighted by molar-refractivity contribution is 5.70. The Bertz CT molecular complexity index is 928. The number of carbonyl (C=O) groups is 1. The van der Waals surface area contributed by atoms with Crippen molar-refractivity contribution in [2.75, 3.05) is 5.73 Å². The maximum Gasteiger partial charge on any atom is 0.307 e. The van der Waals surface area contributed by atoms with E-state index in [4.69, 9.17) is 16.1 Å². The monoisotopic (exact) mass is 357 g/mol. The van der Waals surface area contributed by atoms with E-state index in [0.717, 1.165) is 6.20 Å². The molecule has 0 aliphatic heterocycles. The van der Waals surface area contributed by atoms with Gasteiger partial charge in [-0.05, 0) is 23.8 Å². The van der Waals surface area contributed by atoms with Crippen molar-refractivity contribution in [3.8, 4) is 11.9 Å². The summed E-state index contributed by atoms with van der Waals surface area (Å²) in [6, 6.07) is 9.03. The van der Waals surface area contributed by atoms with Crippen LogP contribution in [-0.2, 0) is 11.2 Å². The molecule has 2 heterocycles. The first-order chi connectivity index (χ1) is 12.4. The molecule has 0 radical (unpaired) electrons. The van der Waals surface area contributed by atoms with Gasteiger partial charge in [0.05, 0.1) is 24.5 Å². The Morgan fingerprint density at radius 1 is 1.27 bits per heavy atom. The van der Waals surface area contributed by atoms with Crippen LogP contribution in [0.25, 0.3) is 5.82 Å². The SMILES string of the molecule is N#Cc1c(N)cccc1F.O=C(O)Cc1ccc(-n2cc(F)cn2)nc1. The van der Waals surface area contributed by atoms with Gasteiger partial charge in [-0.15, -0.1) is 0 Å². The number of carboxylic acid groups (broad SMARTS) is 1. The second-order valence-electron chi connectivity index (χ2n) is 5.01. The molecule has 0 fully saturated rings. The van der Waals surface area contributed by atoms with E-state index in [9.17, 15) is 13.6 Å². The maximum atomic E-state index is 12.7. The number of nitrogens with two attached hydrogens (primary N) is 1. The fraction of sp³-hybridized carbons (Fsp3) is 0.0588. The third kappa shape index (κ3) is 4.85. The normalized spacial score (nSPS) is 9.73. The zero-order chi connectivity index (χ0) is 19.1. The predicted molar refractivity (Wildman–Crippen MR) is 88.2 cm³/mol. The van der Waals surface area contributed by atoms with E-state index in [2.05, 4.69) is 10.1 Å². The number of hydrogen-bond donors (Lipinski definition) is 2. The highest BCUT2D eigenvalue weighted by Gasteiger charge is 2.04. The summed E-state index contributed by atoms with van der Waals surface area (Å²) in [6.07, 6.45) is 3.62. The van der Waals surface area contributed by atoms with Gasteiger partial charge in [-0.1, -0.05) is 12.1 Å². The number of hydrogen-bond acceptors (Lipinski definition) is 5. The Morgan fingerprint density at radius 2 is 2.04 bits per heavy atom. The fourth-order valence-electron chi connectivity index (χ4n) is 1.92. The fourth-order valence-corrected chi connectivity index (χ4v) is 1.92. The van der Waals surface area contributed by atoms with Crippen LogP contribution in [0.3, 0.4) is 0 Å². The van der Waals surface area contributed by atoms with Crippen molar-refractivity contribution < 1.29 is 18.7 Å². The van der Waals surface area contributed by atoms with Gasteiger partial charge in [-0.2, -0.15) is 10.4 Å². The number of anilines is 1. The zero-order valence-electron chi connectivity index (χ0n) is 13.3. The van der Waals surface area contributed by atoms with Crippen LogP contribution in [0.4, 0.5) is 14.5 Å². The molecule has 9 heteroatoms. The number of nitrogen functional groups attached to an aromatic ring is 1. The largest absolute Gasteiger partial charge is 0.481 e. The number of halogens is 2. The van der Waals surface area contributed by atoms with Crippen molar-refractivity contribution in [1.82, 2.24) is 14.8 Å². The minimum atomic E-state index is -0.917. The molecule has 0 spiro atoms. The Balaban J connectivity index is 0.000000209. The topological polar surface area (TPSA) is 118 Å². The van der Waals surface area contributed by atoms with Crippen molar-refractivity contribution in [1.29, 1.82) is 5.26 Å². The molecule has 26 heavy (non-hydrogen) atoms. The number of aromatic nitrogens is 3. The van der Waals surface area contributed by atoms with Gasteiger partial charge < -0.3 is 10.8 Å². The zero-order valence-corrected chi connectivity index (χ0v) is 13.3. The van der Waals surface area contributed by atoms with Gasteiger partial charge in [0.15, 0.2) is 11.6 Å². The van der Waals surface area contributed by atoms with Crippen molar-refractivity contribution in [3.05, 3.63) is 71.7 Å². The van der Waals surface area contributed by atoms with Crippen LogP contribution in [0, 0.1) is 23.0 Å². The van der Waals surface area contributed by atoms with Gasteiger partial charge in [0.25, 0.3) is 0 Å². The van der Waals surface area contributed by atoms with Gasteiger partial charge in [-0.25, -0.2) is 18.4 Å². The van der Waals surface area contributed by atoms with E-state index in [0.29, 0.717) is 11.4 Å². The van der Waals surface area contributed by atoms with Gasteiger partial charge in [-0.3, -0.25) is 4.79 Å². The summed E-state index contributed by atoms with van der Waals surface area (Å²) in [5.74, 6) is -1.49. The Hall–Kier alpha value is -3.80. The number of pyridine rings is 1. The van der Waals surface area contributed by atoms with Crippen LogP contribution in [0.1, 0.15) is 11.1 Å². The van der Waals surface area contributed by atoms with Gasteiger partial charge in [0, 0.05) is 6.20 Å². The van der Waals surface area contributed by atoms with E-state index in [1.807, 2.05) is 0 Å². The Morgan fingerprint density at radius 3 is 2.50 bits per heavy atom. The molecule has 3 rings (SSSR count). The molecule has 0 atom stereocenters. The summed E-state index contributed by atoms with van der Waals surface area (Å²) in [5.41, 5.74) is 5.96. The van der Waals surface area contributed by atoms with Crippen molar-refractivity contribution in [2.24, 2.45) is 0 Å². The van der Waals surface area contributed by atoms with Crippen LogP contribution >= 0.6 is 0 Å². The Labute approximate surface area is 146 Å². The van der Waals surface area contributed by atoms with E-state index in [1.54, 1.807) is 18.2 Å². The minimum absolute atomic E-state index is 0.0810. The van der Waals surface area contributed by atoms with Crippen LogP contribution < -0.4 is 5.73 Å². The molecule has 3 N–H and O–H groups in total. The third-order valence-electron chi connectivity index (χ3n) is 3.11. The van der Waals surface area contributed by atoms with Crippen LogP contribution in [0.2, 0.25) is 0 Å². The van der Waals surface area contributed by atoms with E-state index >= 15 is 0 Å². The van der Waals surface area contributed by atoms with Crippen molar-refractivity contribution >= 4 is 11.7 Å². The lowest BCUT2D eigenvalue weighted by Crippen LogP contribution is -2.02. The second kappa shape index (κ2) is 8.34. The van der Waals surface area contributed by atoms with Crippen molar-refractivity contribution in [3.63, 3.8) is 0 Å². The second-order valence-corrected chi connectivity index (χ2v) is 5.01. The summed E-state index contributed by atoms with van der Waals surface area (Å²) in [6.45, 7) is 0. The highest BCUT2D eigenvalue weighted by Crippen LogP contribution is 2.13. The molecule has 0 bridgehead atoms. The molecule has 0 amide bonds. The number of benzene rings is 1. The quantitative estimate of drug-likeness (QED) is 0.695. The first-order valence-electron chi connectivity index (χ1n) is 7.22. The average Bonchev–Trinajstić information content (AvgIpc) is 3.02. The van der Waals surface area contributed by atoms with E-state index in [-0.39, 0.29) is 17.7 Å². The first-order valence-corrected chi connectivity index (χ1v) is 7.22.